The lowest BCUT2D eigenvalue weighted by Crippen LogP contribution is -2.45. The van der Waals surface area contributed by atoms with Crippen LogP contribution in [0.2, 0.25) is 5.02 Å². The zero-order chi connectivity index (χ0) is 13.7. The maximum Gasteiger partial charge on any atom is 0.237 e. The summed E-state index contributed by atoms with van der Waals surface area (Å²) in [5.41, 5.74) is 6.91. The molecule has 0 saturated carbocycles. The van der Waals surface area contributed by atoms with Crippen molar-refractivity contribution in [1.82, 2.24) is 5.32 Å². The van der Waals surface area contributed by atoms with Gasteiger partial charge in [-0.15, -0.1) is 0 Å². The third-order valence-corrected chi connectivity index (χ3v) is 3.54. The first kappa shape index (κ1) is 15.0. The van der Waals surface area contributed by atoms with E-state index in [9.17, 15) is 4.79 Å². The number of carbonyl (C=O) groups excluding carboxylic acids is 1. The fourth-order valence-corrected chi connectivity index (χ4v) is 1.78. The Kier molecular flexibility index (Phi) is 5.63. The molecule has 0 heterocycles. The molecule has 1 amide bonds. The van der Waals surface area contributed by atoms with E-state index in [1.54, 1.807) is 0 Å². The van der Waals surface area contributed by atoms with Gasteiger partial charge < -0.3 is 11.1 Å². The average molecular weight is 269 g/mol. The predicted octanol–water partition coefficient (Wildman–Crippen LogP) is 2.89. The molecule has 1 aromatic rings. The van der Waals surface area contributed by atoms with Gasteiger partial charge >= 0.3 is 0 Å². The summed E-state index contributed by atoms with van der Waals surface area (Å²) in [6.07, 6.45) is 0.893. The summed E-state index contributed by atoms with van der Waals surface area (Å²) < 4.78 is 0. The van der Waals surface area contributed by atoms with E-state index in [2.05, 4.69) is 5.32 Å². The number of amides is 1. The van der Waals surface area contributed by atoms with Gasteiger partial charge in [-0.05, 0) is 30.5 Å². The van der Waals surface area contributed by atoms with E-state index in [1.165, 1.54) is 0 Å². The summed E-state index contributed by atoms with van der Waals surface area (Å²) in [5.74, 6) is 0.0780. The van der Waals surface area contributed by atoms with Crippen molar-refractivity contribution in [3.63, 3.8) is 0 Å². The van der Waals surface area contributed by atoms with Crippen LogP contribution in [0.1, 0.15) is 38.8 Å². The van der Waals surface area contributed by atoms with Crippen molar-refractivity contribution in [2.45, 2.75) is 39.3 Å². The quantitative estimate of drug-likeness (QED) is 0.863. The van der Waals surface area contributed by atoms with Crippen LogP contribution < -0.4 is 11.1 Å². The van der Waals surface area contributed by atoms with E-state index in [4.69, 9.17) is 17.3 Å². The average Bonchev–Trinajstić information content (AvgIpc) is 2.37. The van der Waals surface area contributed by atoms with Crippen molar-refractivity contribution >= 4 is 17.5 Å². The van der Waals surface area contributed by atoms with E-state index in [0.717, 1.165) is 12.0 Å². The Morgan fingerprint density at radius 1 is 1.33 bits per heavy atom. The first-order valence-electron chi connectivity index (χ1n) is 6.27. The molecule has 0 spiro atoms. The zero-order valence-corrected chi connectivity index (χ0v) is 11.9. The number of hydrogen-bond acceptors (Lipinski definition) is 2. The van der Waals surface area contributed by atoms with Crippen LogP contribution in [0.4, 0.5) is 0 Å². The van der Waals surface area contributed by atoms with Crippen molar-refractivity contribution < 1.29 is 4.79 Å². The normalized spacial score (nSPS) is 15.8. The number of benzene rings is 1. The summed E-state index contributed by atoms with van der Waals surface area (Å²) >= 11 is 5.83. The minimum absolute atomic E-state index is 0.0649. The second-order valence-electron chi connectivity index (χ2n) is 4.69. The minimum atomic E-state index is -0.454. The summed E-state index contributed by atoms with van der Waals surface area (Å²) in [4.78, 5) is 11.9. The van der Waals surface area contributed by atoms with Gasteiger partial charge in [0.2, 0.25) is 5.91 Å². The zero-order valence-electron chi connectivity index (χ0n) is 11.1. The van der Waals surface area contributed by atoms with Gasteiger partial charge in [0.1, 0.15) is 0 Å². The van der Waals surface area contributed by atoms with Crippen molar-refractivity contribution in [2.24, 2.45) is 11.7 Å². The molecule has 1 rings (SSSR count). The molecule has 0 aromatic heterocycles. The number of halogens is 1. The molecule has 1 unspecified atom stereocenters. The van der Waals surface area contributed by atoms with Gasteiger partial charge in [0.05, 0.1) is 12.1 Å². The van der Waals surface area contributed by atoms with E-state index in [1.807, 2.05) is 45.0 Å². The smallest absolute Gasteiger partial charge is 0.237 e. The number of rotatable bonds is 5. The maximum absolute atomic E-state index is 11.9. The van der Waals surface area contributed by atoms with E-state index in [-0.39, 0.29) is 17.9 Å². The van der Waals surface area contributed by atoms with E-state index < -0.39 is 6.04 Å². The van der Waals surface area contributed by atoms with Crippen molar-refractivity contribution in [3.05, 3.63) is 34.9 Å². The molecular formula is C14H21ClN2O. The number of nitrogens with one attached hydrogen (secondary N) is 1. The fourth-order valence-electron chi connectivity index (χ4n) is 1.66. The molecule has 0 aliphatic carbocycles. The third kappa shape index (κ3) is 4.00. The molecule has 0 saturated heterocycles. The number of carbonyl (C=O) groups is 1. The Morgan fingerprint density at radius 3 is 2.39 bits per heavy atom. The summed E-state index contributed by atoms with van der Waals surface area (Å²) in [7, 11) is 0. The monoisotopic (exact) mass is 268 g/mol. The molecule has 3 N–H and O–H groups in total. The van der Waals surface area contributed by atoms with Gasteiger partial charge in [0, 0.05) is 5.02 Å². The van der Waals surface area contributed by atoms with Gasteiger partial charge in [0.15, 0.2) is 0 Å². The van der Waals surface area contributed by atoms with Gasteiger partial charge in [-0.1, -0.05) is 44.0 Å². The maximum atomic E-state index is 11.9. The molecule has 3 atom stereocenters. The van der Waals surface area contributed by atoms with Crippen LogP contribution >= 0.6 is 11.6 Å². The Labute approximate surface area is 114 Å². The van der Waals surface area contributed by atoms with Crippen LogP contribution in [-0.2, 0) is 4.79 Å². The Bertz CT molecular complexity index is 391. The molecule has 0 aliphatic heterocycles. The minimum Gasteiger partial charge on any atom is -0.348 e. The molecule has 3 nitrogen and oxygen atoms in total. The van der Waals surface area contributed by atoms with Crippen LogP contribution in [0.5, 0.6) is 0 Å². The largest absolute Gasteiger partial charge is 0.348 e. The highest BCUT2D eigenvalue weighted by Crippen LogP contribution is 2.16. The van der Waals surface area contributed by atoms with Crippen molar-refractivity contribution in [2.75, 3.05) is 0 Å². The molecule has 18 heavy (non-hydrogen) atoms. The van der Waals surface area contributed by atoms with E-state index >= 15 is 0 Å². The van der Waals surface area contributed by atoms with E-state index in [0.29, 0.717) is 5.02 Å². The van der Waals surface area contributed by atoms with Crippen LogP contribution in [0.15, 0.2) is 24.3 Å². The van der Waals surface area contributed by atoms with Gasteiger partial charge in [-0.2, -0.15) is 0 Å². The van der Waals surface area contributed by atoms with Crippen LogP contribution in [0, 0.1) is 5.92 Å². The molecule has 100 valence electrons. The van der Waals surface area contributed by atoms with Crippen LogP contribution in [-0.4, -0.2) is 11.9 Å². The highest BCUT2D eigenvalue weighted by Gasteiger charge is 2.21. The van der Waals surface area contributed by atoms with Gasteiger partial charge in [-0.25, -0.2) is 0 Å². The molecule has 0 fully saturated rings. The summed E-state index contributed by atoms with van der Waals surface area (Å²) in [6.45, 7) is 5.95. The first-order chi connectivity index (χ1) is 8.45. The van der Waals surface area contributed by atoms with Gasteiger partial charge in [0.25, 0.3) is 0 Å². The Hall–Kier alpha value is -1.06. The molecule has 0 bridgehead atoms. The predicted molar refractivity (Wildman–Crippen MR) is 75.4 cm³/mol. The van der Waals surface area contributed by atoms with Crippen molar-refractivity contribution in [1.29, 1.82) is 0 Å². The highest BCUT2D eigenvalue weighted by molar-refractivity contribution is 6.30. The van der Waals surface area contributed by atoms with Crippen molar-refractivity contribution in [3.8, 4) is 0 Å². The SMILES string of the molecule is CC[C@H](C)[C@H](N)C(=O)NC(C)c1ccc(Cl)cc1. The van der Waals surface area contributed by atoms with Gasteiger partial charge in [-0.3, -0.25) is 4.79 Å². The topological polar surface area (TPSA) is 55.1 Å². The third-order valence-electron chi connectivity index (χ3n) is 3.29. The summed E-state index contributed by atoms with van der Waals surface area (Å²) in [5, 5.41) is 3.61. The Balaban J connectivity index is 2.61. The first-order valence-corrected chi connectivity index (χ1v) is 6.65. The van der Waals surface area contributed by atoms with Crippen LogP contribution in [0.25, 0.3) is 0 Å². The molecule has 4 heteroatoms. The lowest BCUT2D eigenvalue weighted by atomic mass is 9.98. The molecule has 1 aromatic carbocycles. The summed E-state index contributed by atoms with van der Waals surface area (Å²) in [6, 6.07) is 6.92. The molecular weight excluding hydrogens is 248 g/mol. The molecule has 0 aliphatic rings. The lowest BCUT2D eigenvalue weighted by Gasteiger charge is -2.21. The molecule has 0 radical (unpaired) electrons. The Morgan fingerprint density at radius 2 is 1.89 bits per heavy atom. The standard InChI is InChI=1S/C14H21ClN2O/c1-4-9(2)13(16)14(18)17-10(3)11-5-7-12(15)8-6-11/h5-10,13H,4,16H2,1-3H3,(H,17,18)/t9-,10?,13-/m0/s1. The second kappa shape index (κ2) is 6.76. The second-order valence-corrected chi connectivity index (χ2v) is 5.13. The lowest BCUT2D eigenvalue weighted by molar-refractivity contribution is -0.124. The number of nitrogens with two attached hydrogens (primary N) is 1. The number of hydrogen-bond donors (Lipinski definition) is 2. The van der Waals surface area contributed by atoms with Crippen LogP contribution in [0.3, 0.4) is 0 Å². The fraction of sp³-hybridized carbons (Fsp3) is 0.500. The highest BCUT2D eigenvalue weighted by atomic mass is 35.5.